The minimum absolute atomic E-state index is 0.163. The molecule has 1 amide bonds. The lowest BCUT2D eigenvalue weighted by molar-refractivity contribution is -0.118. The van der Waals surface area contributed by atoms with Crippen LogP contribution in [0.5, 0.6) is 0 Å². The Kier molecular flexibility index (Phi) is 4.56. The Labute approximate surface area is 157 Å². The average Bonchev–Trinajstić information content (AvgIpc) is 3.02. The van der Waals surface area contributed by atoms with Crippen molar-refractivity contribution >= 4 is 52.8 Å². The second-order valence-corrected chi connectivity index (χ2v) is 8.14. The van der Waals surface area contributed by atoms with Gasteiger partial charge in [-0.05, 0) is 30.4 Å². The fraction of sp³-hybridized carbons (Fsp3) is 0.118. The first-order valence-electron chi connectivity index (χ1n) is 7.54. The van der Waals surface area contributed by atoms with E-state index in [1.165, 1.54) is 23.1 Å². The summed E-state index contributed by atoms with van der Waals surface area (Å²) in [5, 5.41) is 4.55. The van der Waals surface area contributed by atoms with Crippen LogP contribution in [-0.4, -0.2) is 33.0 Å². The predicted octanol–water partition coefficient (Wildman–Crippen LogP) is 3.88. The summed E-state index contributed by atoms with van der Waals surface area (Å²) in [6, 6.07) is 9.77. The zero-order chi connectivity index (χ0) is 17.2. The number of thioether (sulfide) groups is 1. The van der Waals surface area contributed by atoms with E-state index in [0.29, 0.717) is 15.5 Å². The first-order chi connectivity index (χ1) is 12.2. The highest BCUT2D eigenvalue weighted by atomic mass is 32.2. The molecule has 124 valence electrons. The molecule has 8 heteroatoms. The summed E-state index contributed by atoms with van der Waals surface area (Å²) < 4.78 is 3.25. The number of amides is 1. The summed E-state index contributed by atoms with van der Waals surface area (Å²) in [6.45, 7) is 0. The second-order valence-electron chi connectivity index (χ2n) is 5.29. The highest BCUT2D eigenvalue weighted by Gasteiger charge is 2.26. The van der Waals surface area contributed by atoms with E-state index in [1.807, 2.05) is 54.6 Å². The molecule has 1 atom stereocenters. The molecule has 0 saturated carbocycles. The van der Waals surface area contributed by atoms with Gasteiger partial charge < -0.3 is 0 Å². The third-order valence-electron chi connectivity index (χ3n) is 3.62. The van der Waals surface area contributed by atoms with E-state index in [0.717, 1.165) is 15.7 Å². The minimum atomic E-state index is -0.335. The monoisotopic (exact) mass is 384 g/mol. The van der Waals surface area contributed by atoms with E-state index in [2.05, 4.69) is 15.1 Å². The first-order valence-corrected chi connectivity index (χ1v) is 9.75. The van der Waals surface area contributed by atoms with Gasteiger partial charge in [0.25, 0.3) is 5.91 Å². The number of hydrogen-bond donors (Lipinski definition) is 0. The number of allylic oxidation sites excluding steroid dienone is 3. The first kappa shape index (κ1) is 16.3. The minimum Gasteiger partial charge on any atom is -0.271 e. The second kappa shape index (κ2) is 6.99. The Morgan fingerprint density at radius 1 is 1.20 bits per heavy atom. The van der Waals surface area contributed by atoms with Crippen LogP contribution in [0.25, 0.3) is 5.69 Å². The highest BCUT2D eigenvalue weighted by Crippen LogP contribution is 2.25. The summed E-state index contributed by atoms with van der Waals surface area (Å²) >= 11 is 8.32. The van der Waals surface area contributed by atoms with Crippen LogP contribution in [-0.2, 0) is 4.79 Å². The fourth-order valence-electron chi connectivity index (χ4n) is 2.46. The molecule has 0 saturated heterocycles. The SMILES string of the molecule is O=C1N=C(CSc2nn(-c3ccccc3)c(=S)s2)N=C2C=CC=CC12. The Balaban J connectivity index is 1.50. The summed E-state index contributed by atoms with van der Waals surface area (Å²) in [5.74, 6) is 0.506. The van der Waals surface area contributed by atoms with Crippen molar-refractivity contribution in [2.75, 3.05) is 5.75 Å². The smallest absolute Gasteiger partial charge is 0.260 e. The van der Waals surface area contributed by atoms with Crippen molar-refractivity contribution in [1.29, 1.82) is 0 Å². The summed E-state index contributed by atoms with van der Waals surface area (Å²) in [5.41, 5.74) is 1.68. The number of benzene rings is 1. The highest BCUT2D eigenvalue weighted by molar-refractivity contribution is 8.01. The van der Waals surface area contributed by atoms with Crippen LogP contribution in [0.4, 0.5) is 0 Å². The lowest BCUT2D eigenvalue weighted by Gasteiger charge is -2.17. The molecule has 0 spiro atoms. The van der Waals surface area contributed by atoms with Gasteiger partial charge >= 0.3 is 0 Å². The van der Waals surface area contributed by atoms with E-state index in [9.17, 15) is 4.79 Å². The maximum atomic E-state index is 12.1. The largest absolute Gasteiger partial charge is 0.271 e. The molecule has 25 heavy (non-hydrogen) atoms. The summed E-state index contributed by atoms with van der Waals surface area (Å²) in [6.07, 6.45) is 7.41. The van der Waals surface area contributed by atoms with E-state index in [1.54, 1.807) is 4.68 Å². The molecule has 2 aliphatic rings. The van der Waals surface area contributed by atoms with Gasteiger partial charge in [0.1, 0.15) is 11.8 Å². The van der Waals surface area contributed by atoms with Crippen molar-refractivity contribution in [2.24, 2.45) is 15.9 Å². The van der Waals surface area contributed by atoms with Crippen LogP contribution in [0.2, 0.25) is 0 Å². The van der Waals surface area contributed by atoms with Crippen LogP contribution in [0, 0.1) is 9.87 Å². The zero-order valence-electron chi connectivity index (χ0n) is 12.9. The zero-order valence-corrected chi connectivity index (χ0v) is 15.4. The van der Waals surface area contributed by atoms with E-state index in [4.69, 9.17) is 12.2 Å². The van der Waals surface area contributed by atoms with Gasteiger partial charge in [-0.3, -0.25) is 4.79 Å². The number of nitrogens with zero attached hydrogens (tertiary/aromatic N) is 4. The van der Waals surface area contributed by atoms with Gasteiger partial charge in [0.05, 0.1) is 17.2 Å². The molecule has 5 nitrogen and oxygen atoms in total. The van der Waals surface area contributed by atoms with Crippen molar-refractivity contribution in [2.45, 2.75) is 4.34 Å². The number of rotatable bonds is 4. The maximum absolute atomic E-state index is 12.1. The molecule has 0 radical (unpaired) electrons. The Morgan fingerprint density at radius 2 is 2.04 bits per heavy atom. The molecular weight excluding hydrogens is 372 g/mol. The lowest BCUT2D eigenvalue weighted by atomic mass is 9.97. The van der Waals surface area contributed by atoms with Crippen molar-refractivity contribution in [3.8, 4) is 5.69 Å². The Hall–Kier alpha value is -2.16. The van der Waals surface area contributed by atoms with Gasteiger partial charge in [-0.2, -0.15) is 4.99 Å². The number of aliphatic imine (C=N–C) groups is 2. The van der Waals surface area contributed by atoms with E-state index >= 15 is 0 Å². The third-order valence-corrected chi connectivity index (χ3v) is 5.98. The molecule has 0 fully saturated rings. The summed E-state index contributed by atoms with van der Waals surface area (Å²) in [4.78, 5) is 20.7. The molecule has 2 heterocycles. The van der Waals surface area contributed by atoms with Crippen molar-refractivity contribution in [3.63, 3.8) is 0 Å². The number of amidine groups is 1. The molecule has 1 aliphatic carbocycles. The van der Waals surface area contributed by atoms with Gasteiger partial charge in [0, 0.05) is 0 Å². The number of carbonyl (C=O) groups excluding carboxylic acids is 1. The molecule has 1 unspecified atom stereocenters. The lowest BCUT2D eigenvalue weighted by Crippen LogP contribution is -2.27. The van der Waals surface area contributed by atoms with Gasteiger partial charge in [-0.1, -0.05) is 59.5 Å². The molecule has 1 aromatic heterocycles. The van der Waals surface area contributed by atoms with Crippen LogP contribution >= 0.6 is 35.3 Å². The van der Waals surface area contributed by atoms with Crippen LogP contribution < -0.4 is 0 Å². The van der Waals surface area contributed by atoms with Crippen molar-refractivity contribution < 1.29 is 4.79 Å². The van der Waals surface area contributed by atoms with Gasteiger partial charge in [-0.15, -0.1) is 5.10 Å². The quantitative estimate of drug-likeness (QED) is 0.593. The molecule has 1 aromatic carbocycles. The molecule has 1 aliphatic heterocycles. The number of fused-ring (bicyclic) bond motifs is 1. The molecule has 2 aromatic rings. The van der Waals surface area contributed by atoms with Gasteiger partial charge in [0.2, 0.25) is 0 Å². The maximum Gasteiger partial charge on any atom is 0.260 e. The normalized spacial score (nSPS) is 18.7. The average molecular weight is 385 g/mol. The third kappa shape index (κ3) is 3.46. The molecule has 4 rings (SSSR count). The number of aromatic nitrogens is 2. The predicted molar refractivity (Wildman–Crippen MR) is 105 cm³/mol. The van der Waals surface area contributed by atoms with Crippen LogP contribution in [0.15, 0.2) is 69.0 Å². The Bertz CT molecular complexity index is 998. The van der Waals surface area contributed by atoms with Crippen molar-refractivity contribution in [1.82, 2.24) is 9.78 Å². The van der Waals surface area contributed by atoms with Crippen LogP contribution in [0.3, 0.4) is 0 Å². The van der Waals surface area contributed by atoms with Crippen LogP contribution in [0.1, 0.15) is 0 Å². The molecule has 0 bridgehead atoms. The van der Waals surface area contributed by atoms with Gasteiger partial charge in [0.15, 0.2) is 8.29 Å². The summed E-state index contributed by atoms with van der Waals surface area (Å²) in [7, 11) is 0. The molecule has 0 N–H and O–H groups in total. The number of hydrogen-bond acceptors (Lipinski definition) is 6. The molecular formula is C17H12N4OS3. The Morgan fingerprint density at radius 3 is 2.88 bits per heavy atom. The topological polar surface area (TPSA) is 59.6 Å². The van der Waals surface area contributed by atoms with Gasteiger partial charge in [-0.25, -0.2) is 9.67 Å². The van der Waals surface area contributed by atoms with E-state index in [-0.39, 0.29) is 11.8 Å². The van der Waals surface area contributed by atoms with Crippen molar-refractivity contribution in [3.05, 3.63) is 58.6 Å². The van der Waals surface area contributed by atoms with E-state index < -0.39 is 0 Å². The number of para-hydroxylation sites is 1. The fourth-order valence-corrected chi connectivity index (χ4v) is 4.68. The standard InChI is InChI=1S/C17H12N4OS3/c22-15-12-8-4-5-9-13(12)18-14(19-15)10-24-16-20-21(17(23)25-16)11-6-2-1-3-7-11/h1-9,12H,10H2. The number of carbonyl (C=O) groups is 1.